The molecule has 4 rings (SSSR count). The Labute approximate surface area is 160 Å². The maximum Gasteiger partial charge on any atom is 0.256 e. The van der Waals surface area contributed by atoms with E-state index in [9.17, 15) is 4.79 Å². The number of carbonyl (C=O) groups excluding carboxylic acids is 1. The highest BCUT2D eigenvalue weighted by molar-refractivity contribution is 6.07. The number of para-hydroxylation sites is 1. The molecule has 0 bridgehead atoms. The number of hydrogen-bond acceptors (Lipinski definition) is 2. The lowest BCUT2D eigenvalue weighted by Gasteiger charge is -2.32. The lowest BCUT2D eigenvalue weighted by atomic mass is 9.96. The van der Waals surface area contributed by atoms with E-state index < -0.39 is 0 Å². The SMILES string of the molecule is CCCCn1ccnc1[C@@H]1CCCN(C(=O)c2cn(C)c3ccccc23)C1. The molecule has 5 heteroatoms. The number of likely N-dealkylation sites (tertiary alicyclic amines) is 1. The molecular weight excluding hydrogens is 336 g/mol. The van der Waals surface area contributed by atoms with Crippen LogP contribution in [0.1, 0.15) is 54.7 Å². The third-order valence-electron chi connectivity index (χ3n) is 5.70. The molecule has 0 spiro atoms. The number of fused-ring (bicyclic) bond motifs is 1. The highest BCUT2D eigenvalue weighted by Crippen LogP contribution is 2.29. The van der Waals surface area contributed by atoms with Crippen molar-refractivity contribution in [1.82, 2.24) is 19.0 Å². The molecule has 2 aromatic heterocycles. The molecule has 5 nitrogen and oxygen atoms in total. The number of rotatable bonds is 5. The Morgan fingerprint density at radius 2 is 2.15 bits per heavy atom. The van der Waals surface area contributed by atoms with Crippen LogP contribution in [0.15, 0.2) is 42.9 Å². The normalized spacial score (nSPS) is 17.6. The zero-order chi connectivity index (χ0) is 18.8. The van der Waals surface area contributed by atoms with E-state index in [-0.39, 0.29) is 5.91 Å². The van der Waals surface area contributed by atoms with Crippen LogP contribution in [0.2, 0.25) is 0 Å². The Morgan fingerprint density at radius 3 is 3.00 bits per heavy atom. The van der Waals surface area contributed by atoms with Gasteiger partial charge in [-0.15, -0.1) is 0 Å². The summed E-state index contributed by atoms with van der Waals surface area (Å²) in [6.07, 6.45) is 10.4. The van der Waals surface area contributed by atoms with E-state index in [1.165, 1.54) is 6.42 Å². The van der Waals surface area contributed by atoms with Crippen LogP contribution < -0.4 is 0 Å². The summed E-state index contributed by atoms with van der Waals surface area (Å²) in [6.45, 7) is 4.81. The van der Waals surface area contributed by atoms with Crippen molar-refractivity contribution >= 4 is 16.8 Å². The predicted octanol–water partition coefficient (Wildman–Crippen LogP) is 4.19. The van der Waals surface area contributed by atoms with Crippen molar-refractivity contribution in [2.75, 3.05) is 13.1 Å². The highest BCUT2D eigenvalue weighted by atomic mass is 16.2. The number of aromatic nitrogens is 3. The molecule has 3 aromatic rings. The van der Waals surface area contributed by atoms with Gasteiger partial charge in [0.15, 0.2) is 0 Å². The number of benzene rings is 1. The highest BCUT2D eigenvalue weighted by Gasteiger charge is 2.29. The quantitative estimate of drug-likeness (QED) is 0.681. The second-order valence-corrected chi connectivity index (χ2v) is 7.59. The molecule has 0 aliphatic carbocycles. The Bertz CT molecular complexity index is 939. The molecule has 1 aliphatic heterocycles. The molecule has 0 N–H and O–H groups in total. The van der Waals surface area contributed by atoms with Gasteiger partial charge in [0, 0.05) is 62.1 Å². The fourth-order valence-electron chi connectivity index (χ4n) is 4.25. The number of imidazole rings is 1. The van der Waals surface area contributed by atoms with E-state index in [0.717, 1.165) is 61.2 Å². The van der Waals surface area contributed by atoms with Gasteiger partial charge in [-0.2, -0.15) is 0 Å². The average Bonchev–Trinajstić information content (AvgIpc) is 3.31. The smallest absolute Gasteiger partial charge is 0.256 e. The number of hydrogen-bond donors (Lipinski definition) is 0. The van der Waals surface area contributed by atoms with Crippen molar-refractivity contribution in [2.24, 2.45) is 7.05 Å². The van der Waals surface area contributed by atoms with Gasteiger partial charge in [-0.1, -0.05) is 31.5 Å². The Balaban J connectivity index is 1.56. The number of aryl methyl sites for hydroxylation is 2. The fourth-order valence-corrected chi connectivity index (χ4v) is 4.25. The summed E-state index contributed by atoms with van der Waals surface area (Å²) in [5.74, 6) is 1.60. The van der Waals surface area contributed by atoms with Gasteiger partial charge in [-0.25, -0.2) is 4.98 Å². The number of piperidine rings is 1. The van der Waals surface area contributed by atoms with E-state index in [1.54, 1.807) is 0 Å². The number of unbranched alkanes of at least 4 members (excludes halogenated alkanes) is 1. The van der Waals surface area contributed by atoms with Crippen molar-refractivity contribution in [3.63, 3.8) is 0 Å². The molecule has 1 amide bonds. The first kappa shape index (κ1) is 17.8. The lowest BCUT2D eigenvalue weighted by Crippen LogP contribution is -2.39. The van der Waals surface area contributed by atoms with Gasteiger partial charge in [0.2, 0.25) is 0 Å². The first-order valence-electron chi connectivity index (χ1n) is 10.0. The number of carbonyl (C=O) groups is 1. The van der Waals surface area contributed by atoms with Gasteiger partial charge in [-0.05, 0) is 25.3 Å². The molecule has 0 saturated carbocycles. The summed E-state index contributed by atoms with van der Waals surface area (Å²) >= 11 is 0. The zero-order valence-corrected chi connectivity index (χ0v) is 16.3. The molecule has 1 aromatic carbocycles. The van der Waals surface area contributed by atoms with Crippen molar-refractivity contribution in [3.05, 3.63) is 54.2 Å². The topological polar surface area (TPSA) is 43.1 Å². The monoisotopic (exact) mass is 364 g/mol. The zero-order valence-electron chi connectivity index (χ0n) is 16.3. The summed E-state index contributed by atoms with van der Waals surface area (Å²) in [6, 6.07) is 8.13. The molecule has 3 heterocycles. The molecule has 1 aliphatic rings. The Kier molecular flexibility index (Phi) is 5.01. The summed E-state index contributed by atoms with van der Waals surface area (Å²) in [5.41, 5.74) is 1.91. The standard InChI is InChI=1S/C22H28N4O/c1-3-4-12-25-14-11-23-21(25)17-8-7-13-26(15-17)22(27)19-16-24(2)20-10-6-5-9-18(19)20/h5-6,9-11,14,16-17H,3-4,7-8,12-13,15H2,1-2H3/t17-/m1/s1. The maximum atomic E-state index is 13.3. The van der Waals surface area contributed by atoms with E-state index >= 15 is 0 Å². The van der Waals surface area contributed by atoms with E-state index in [4.69, 9.17) is 0 Å². The minimum Gasteiger partial charge on any atom is -0.350 e. The molecule has 1 saturated heterocycles. The van der Waals surface area contributed by atoms with Crippen LogP contribution in [0, 0.1) is 0 Å². The number of nitrogens with zero attached hydrogens (tertiary/aromatic N) is 4. The fraction of sp³-hybridized carbons (Fsp3) is 0.455. The first-order valence-corrected chi connectivity index (χ1v) is 10.0. The summed E-state index contributed by atoms with van der Waals surface area (Å²) in [4.78, 5) is 19.9. The second kappa shape index (κ2) is 7.59. The summed E-state index contributed by atoms with van der Waals surface area (Å²) in [5, 5.41) is 1.04. The van der Waals surface area contributed by atoms with Crippen LogP contribution in [0.5, 0.6) is 0 Å². The molecule has 1 atom stereocenters. The summed E-state index contributed by atoms with van der Waals surface area (Å²) < 4.78 is 4.32. The van der Waals surface area contributed by atoms with Crippen LogP contribution >= 0.6 is 0 Å². The lowest BCUT2D eigenvalue weighted by molar-refractivity contribution is 0.0705. The van der Waals surface area contributed by atoms with Crippen LogP contribution in [-0.4, -0.2) is 38.0 Å². The van der Waals surface area contributed by atoms with Gasteiger partial charge in [0.25, 0.3) is 5.91 Å². The van der Waals surface area contributed by atoms with E-state index in [1.807, 2.05) is 47.1 Å². The van der Waals surface area contributed by atoms with Crippen LogP contribution in [-0.2, 0) is 13.6 Å². The third kappa shape index (κ3) is 3.38. The third-order valence-corrected chi connectivity index (χ3v) is 5.70. The molecular formula is C22H28N4O. The number of amides is 1. The van der Waals surface area contributed by atoms with Gasteiger partial charge in [0.05, 0.1) is 5.56 Å². The minimum atomic E-state index is 0.142. The maximum absolute atomic E-state index is 13.3. The van der Waals surface area contributed by atoms with Crippen LogP contribution in [0.4, 0.5) is 0 Å². The van der Waals surface area contributed by atoms with Crippen LogP contribution in [0.25, 0.3) is 10.9 Å². The molecule has 27 heavy (non-hydrogen) atoms. The van der Waals surface area contributed by atoms with Gasteiger partial charge < -0.3 is 14.0 Å². The van der Waals surface area contributed by atoms with E-state index in [0.29, 0.717) is 5.92 Å². The molecule has 0 radical (unpaired) electrons. The van der Waals surface area contributed by atoms with Gasteiger partial charge in [0.1, 0.15) is 5.82 Å². The second-order valence-electron chi connectivity index (χ2n) is 7.59. The van der Waals surface area contributed by atoms with E-state index in [2.05, 4.69) is 28.7 Å². The van der Waals surface area contributed by atoms with Crippen molar-refractivity contribution in [2.45, 2.75) is 45.1 Å². The largest absolute Gasteiger partial charge is 0.350 e. The van der Waals surface area contributed by atoms with Gasteiger partial charge in [-0.3, -0.25) is 4.79 Å². The first-order chi connectivity index (χ1) is 13.2. The van der Waals surface area contributed by atoms with Crippen LogP contribution in [0.3, 0.4) is 0 Å². The minimum absolute atomic E-state index is 0.142. The van der Waals surface area contributed by atoms with Gasteiger partial charge >= 0.3 is 0 Å². The Hall–Kier alpha value is -2.56. The van der Waals surface area contributed by atoms with Crippen molar-refractivity contribution in [3.8, 4) is 0 Å². The van der Waals surface area contributed by atoms with Crippen molar-refractivity contribution < 1.29 is 4.79 Å². The molecule has 0 unspecified atom stereocenters. The van der Waals surface area contributed by atoms with Crippen molar-refractivity contribution in [1.29, 1.82) is 0 Å². The summed E-state index contributed by atoms with van der Waals surface area (Å²) in [7, 11) is 2.00. The Morgan fingerprint density at radius 1 is 1.30 bits per heavy atom. The average molecular weight is 364 g/mol. The molecule has 142 valence electrons. The predicted molar refractivity (Wildman–Crippen MR) is 108 cm³/mol. The molecule has 1 fully saturated rings.